The lowest BCUT2D eigenvalue weighted by atomic mass is 10.1. The lowest BCUT2D eigenvalue weighted by Gasteiger charge is -2.14. The first kappa shape index (κ1) is 24.4. The molecule has 6 rings (SSSR count). The monoisotopic (exact) mass is 517 g/mol. The molecule has 4 heterocycles. The fourth-order valence-electron chi connectivity index (χ4n) is 4.60. The van der Waals surface area contributed by atoms with Crippen molar-refractivity contribution in [3.63, 3.8) is 0 Å². The predicted octanol–water partition coefficient (Wildman–Crippen LogP) is 4.50. The average Bonchev–Trinajstić information content (AvgIpc) is 3.56. The third-order valence-corrected chi connectivity index (χ3v) is 6.60. The number of carbonyl (C=O) groups excluding carboxylic acids is 1. The molecule has 194 valence electrons. The van der Waals surface area contributed by atoms with Crippen molar-refractivity contribution in [2.24, 2.45) is 0 Å². The van der Waals surface area contributed by atoms with E-state index in [9.17, 15) is 4.79 Å². The van der Waals surface area contributed by atoms with Gasteiger partial charge in [0, 0.05) is 59.4 Å². The number of nitrogens with one attached hydrogen (secondary N) is 2. The van der Waals surface area contributed by atoms with Crippen LogP contribution in [0, 0.1) is 0 Å². The molecule has 0 aliphatic carbocycles. The molecule has 39 heavy (non-hydrogen) atoms. The van der Waals surface area contributed by atoms with Crippen molar-refractivity contribution < 1.29 is 4.79 Å². The lowest BCUT2D eigenvalue weighted by molar-refractivity contribution is 0.0984. The third-order valence-electron chi connectivity index (χ3n) is 6.60. The van der Waals surface area contributed by atoms with Crippen LogP contribution in [-0.4, -0.2) is 66.3 Å². The molecule has 0 aliphatic heterocycles. The summed E-state index contributed by atoms with van der Waals surface area (Å²) in [7, 11) is 4.05. The van der Waals surface area contributed by atoms with Gasteiger partial charge in [0.15, 0.2) is 11.6 Å². The quantitative estimate of drug-likeness (QED) is 0.269. The van der Waals surface area contributed by atoms with Crippen molar-refractivity contribution in [2.75, 3.05) is 26.0 Å². The Bertz CT molecular complexity index is 1770. The normalized spacial score (nSPS) is 11.5. The van der Waals surface area contributed by atoms with E-state index in [4.69, 9.17) is 4.98 Å². The van der Waals surface area contributed by atoms with E-state index in [0.717, 1.165) is 45.2 Å². The van der Waals surface area contributed by atoms with Crippen molar-refractivity contribution in [1.82, 2.24) is 39.8 Å². The van der Waals surface area contributed by atoms with Crippen molar-refractivity contribution in [2.45, 2.75) is 13.0 Å². The van der Waals surface area contributed by atoms with Crippen molar-refractivity contribution in [1.29, 1.82) is 0 Å². The number of fused-ring (bicyclic) bond motifs is 2. The molecule has 0 spiro atoms. The minimum atomic E-state index is 0.0385. The first-order chi connectivity index (χ1) is 19.0. The Morgan fingerprint density at radius 3 is 2.74 bits per heavy atom. The number of ketones is 1. The summed E-state index contributed by atoms with van der Waals surface area (Å²) in [4.78, 5) is 24.8. The predicted molar refractivity (Wildman–Crippen MR) is 151 cm³/mol. The van der Waals surface area contributed by atoms with Crippen LogP contribution in [0.25, 0.3) is 33.2 Å². The number of hydrogen-bond donors (Lipinski definition) is 2. The molecule has 0 radical (unpaired) electrons. The maximum Gasteiger partial charge on any atom is 0.183 e. The number of benzene rings is 2. The van der Waals surface area contributed by atoms with E-state index < -0.39 is 0 Å². The topological polar surface area (TPSA) is 118 Å². The number of H-pyrrole nitrogens is 1. The molecule has 2 aromatic carbocycles. The molecule has 0 saturated heterocycles. The van der Waals surface area contributed by atoms with Gasteiger partial charge < -0.3 is 14.8 Å². The largest absolute Gasteiger partial charge is 0.340 e. The minimum Gasteiger partial charge on any atom is -0.340 e. The Morgan fingerprint density at radius 2 is 1.90 bits per heavy atom. The van der Waals surface area contributed by atoms with Gasteiger partial charge in [0.25, 0.3) is 0 Å². The summed E-state index contributed by atoms with van der Waals surface area (Å²) in [6.07, 6.45) is 7.04. The highest BCUT2D eigenvalue weighted by Crippen LogP contribution is 2.28. The molecule has 10 heteroatoms. The van der Waals surface area contributed by atoms with Crippen LogP contribution in [0.5, 0.6) is 0 Å². The highest BCUT2D eigenvalue weighted by atomic mass is 16.1. The molecule has 0 unspecified atom stereocenters. The van der Waals surface area contributed by atoms with Crippen molar-refractivity contribution >= 4 is 39.1 Å². The number of hydrogen-bond acceptors (Lipinski definition) is 8. The van der Waals surface area contributed by atoms with E-state index >= 15 is 0 Å². The van der Waals surface area contributed by atoms with Gasteiger partial charge in [-0.3, -0.25) is 9.89 Å². The van der Waals surface area contributed by atoms with Crippen LogP contribution in [0.1, 0.15) is 16.1 Å². The molecule has 0 fully saturated rings. The van der Waals surface area contributed by atoms with Gasteiger partial charge in [-0.15, -0.1) is 0 Å². The molecular weight excluding hydrogens is 490 g/mol. The molecule has 6 aromatic rings. The van der Waals surface area contributed by atoms with Gasteiger partial charge >= 0.3 is 0 Å². The number of aromatic amines is 1. The van der Waals surface area contributed by atoms with Gasteiger partial charge in [-0.1, -0.05) is 12.1 Å². The van der Waals surface area contributed by atoms with Gasteiger partial charge in [-0.25, -0.2) is 9.97 Å². The van der Waals surface area contributed by atoms with Crippen molar-refractivity contribution in [3.05, 3.63) is 90.6 Å². The second-order valence-electron chi connectivity index (χ2n) is 9.67. The van der Waals surface area contributed by atoms with E-state index in [2.05, 4.69) is 46.2 Å². The fraction of sp³-hybridized carbons (Fsp3) is 0.172. The second kappa shape index (κ2) is 10.4. The summed E-state index contributed by atoms with van der Waals surface area (Å²) < 4.78 is 2.10. The number of Topliss-reactive ketones (excluding diaryl/α,β-unsaturated/α-hetero) is 1. The van der Waals surface area contributed by atoms with Gasteiger partial charge in [0.1, 0.15) is 5.82 Å². The lowest BCUT2D eigenvalue weighted by Crippen LogP contribution is -2.21. The van der Waals surface area contributed by atoms with Gasteiger partial charge in [-0.05, 0) is 62.1 Å². The summed E-state index contributed by atoms with van der Waals surface area (Å²) in [5, 5.41) is 20.1. The molecule has 0 aliphatic rings. The molecule has 0 amide bonds. The van der Waals surface area contributed by atoms with E-state index in [1.807, 2.05) is 62.6 Å². The first-order valence-corrected chi connectivity index (χ1v) is 12.6. The summed E-state index contributed by atoms with van der Waals surface area (Å²) in [5.74, 6) is 1.33. The molecule has 2 N–H and O–H groups in total. The summed E-state index contributed by atoms with van der Waals surface area (Å²) in [6.45, 7) is 1.47. The number of anilines is 2. The number of rotatable bonds is 9. The zero-order valence-corrected chi connectivity index (χ0v) is 21.7. The Balaban J connectivity index is 1.33. The summed E-state index contributed by atoms with van der Waals surface area (Å²) >= 11 is 0. The van der Waals surface area contributed by atoms with E-state index in [1.54, 1.807) is 24.8 Å². The van der Waals surface area contributed by atoms with Crippen LogP contribution in [0.3, 0.4) is 0 Å². The van der Waals surface area contributed by atoms with E-state index in [1.165, 1.54) is 0 Å². The Hall–Kier alpha value is -4.96. The van der Waals surface area contributed by atoms with E-state index in [0.29, 0.717) is 23.9 Å². The van der Waals surface area contributed by atoms with Crippen LogP contribution in [-0.2, 0) is 13.0 Å². The molecule has 4 aromatic heterocycles. The highest BCUT2D eigenvalue weighted by Gasteiger charge is 2.18. The smallest absolute Gasteiger partial charge is 0.183 e. The second-order valence-corrected chi connectivity index (χ2v) is 9.67. The molecule has 0 bridgehead atoms. The Morgan fingerprint density at radius 1 is 0.974 bits per heavy atom. The number of likely N-dealkylation sites (N-methyl/N-ethyl adjacent to an activating group) is 1. The maximum atomic E-state index is 13.4. The van der Waals surface area contributed by atoms with Gasteiger partial charge in [-0.2, -0.15) is 15.3 Å². The average molecular weight is 518 g/mol. The zero-order valence-electron chi connectivity index (χ0n) is 21.7. The molecular formula is C29H27N9O. The van der Waals surface area contributed by atoms with Crippen LogP contribution >= 0.6 is 0 Å². The number of aromatic nitrogens is 7. The van der Waals surface area contributed by atoms with Gasteiger partial charge in [0.2, 0.25) is 0 Å². The fourth-order valence-corrected chi connectivity index (χ4v) is 4.60. The van der Waals surface area contributed by atoms with Crippen LogP contribution in [0.4, 0.5) is 11.5 Å². The molecule has 0 saturated carbocycles. The Kier molecular flexibility index (Phi) is 6.52. The third kappa shape index (κ3) is 5.23. The number of carbonyl (C=O) groups is 1. The summed E-state index contributed by atoms with van der Waals surface area (Å²) in [5.41, 5.74) is 5.24. The van der Waals surface area contributed by atoms with Crippen LogP contribution in [0.2, 0.25) is 0 Å². The first-order valence-electron chi connectivity index (χ1n) is 12.6. The minimum absolute atomic E-state index is 0.0385. The SMILES string of the molecule is CN(C)CCn1c(C(=O)Cc2ccnnc2)cc2ccc(-c3nccc(Nc4ccc5[nH]ncc5c4)n3)cc21. The molecule has 10 nitrogen and oxygen atoms in total. The zero-order chi connectivity index (χ0) is 26.8. The van der Waals surface area contributed by atoms with Crippen LogP contribution < -0.4 is 5.32 Å². The maximum absolute atomic E-state index is 13.4. The van der Waals surface area contributed by atoms with E-state index in [-0.39, 0.29) is 12.2 Å². The molecule has 0 atom stereocenters. The van der Waals surface area contributed by atoms with Crippen LogP contribution in [0.15, 0.2) is 79.4 Å². The summed E-state index contributed by atoms with van der Waals surface area (Å²) in [6, 6.07) is 17.7. The van der Waals surface area contributed by atoms with Crippen molar-refractivity contribution in [3.8, 4) is 11.4 Å². The highest BCUT2D eigenvalue weighted by molar-refractivity contribution is 6.01. The number of nitrogens with zero attached hydrogens (tertiary/aromatic N) is 7. The standard InChI is InChI=1S/C29H27N9O/c1-37(2)11-12-38-25-16-21(4-3-20(25)15-26(38)27(39)13-19-7-10-31-32-17-19)29-30-9-8-28(35-29)34-23-5-6-24-22(14-23)18-33-36-24/h3-10,14-18H,11-13H2,1-2H3,(H,33,36)(H,30,34,35). The Labute approximate surface area is 224 Å². The van der Waals surface area contributed by atoms with Gasteiger partial charge in [0.05, 0.1) is 23.6 Å².